The maximum absolute atomic E-state index is 2.32. The van der Waals surface area contributed by atoms with Crippen molar-refractivity contribution in [3.05, 3.63) is 24.3 Å². The van der Waals surface area contributed by atoms with Crippen molar-refractivity contribution in [2.75, 3.05) is 0 Å². The Kier molecular flexibility index (Phi) is 0.806. The summed E-state index contributed by atoms with van der Waals surface area (Å²) in [5.41, 5.74) is 0. The number of allylic oxidation sites excluding steroid dienone is 4. The first-order valence-corrected chi connectivity index (χ1v) is 3.30. The van der Waals surface area contributed by atoms with Crippen molar-refractivity contribution in [2.24, 2.45) is 11.8 Å². The molecular formula is C8H10. The van der Waals surface area contributed by atoms with E-state index < -0.39 is 0 Å². The zero-order valence-corrected chi connectivity index (χ0v) is 4.88. The summed E-state index contributed by atoms with van der Waals surface area (Å²) < 4.78 is 0. The largest absolute Gasteiger partial charge is 0.0814 e. The molecule has 0 aliphatic heterocycles. The van der Waals surface area contributed by atoms with Gasteiger partial charge in [-0.3, -0.25) is 0 Å². The minimum absolute atomic E-state index is 0.926. The second-order valence-electron chi connectivity index (χ2n) is 2.76. The van der Waals surface area contributed by atoms with Crippen molar-refractivity contribution >= 4 is 0 Å². The van der Waals surface area contributed by atoms with E-state index in [2.05, 4.69) is 24.3 Å². The summed E-state index contributed by atoms with van der Waals surface area (Å²) in [6.45, 7) is 0. The molecule has 1 saturated carbocycles. The first-order valence-electron chi connectivity index (χ1n) is 3.30. The number of hydrogen-bond donors (Lipinski definition) is 0. The average molecular weight is 106 g/mol. The Balaban J connectivity index is 2.21. The molecule has 0 radical (unpaired) electrons. The Morgan fingerprint density at radius 1 is 0.875 bits per heavy atom. The van der Waals surface area contributed by atoms with Gasteiger partial charge < -0.3 is 0 Å². The van der Waals surface area contributed by atoms with Crippen LogP contribution in [0.3, 0.4) is 0 Å². The molecule has 0 heterocycles. The lowest BCUT2D eigenvalue weighted by molar-refractivity contribution is 0.298. The summed E-state index contributed by atoms with van der Waals surface area (Å²) in [4.78, 5) is 0. The van der Waals surface area contributed by atoms with Crippen LogP contribution in [0.5, 0.6) is 0 Å². The lowest BCUT2D eigenvalue weighted by Gasteiger charge is -2.29. The molecule has 8 heavy (non-hydrogen) atoms. The Morgan fingerprint density at radius 2 is 1.38 bits per heavy atom. The second kappa shape index (κ2) is 1.48. The fourth-order valence-electron chi connectivity index (χ4n) is 1.47. The van der Waals surface area contributed by atoms with Crippen molar-refractivity contribution in [1.82, 2.24) is 0 Å². The summed E-state index contributed by atoms with van der Waals surface area (Å²) in [5, 5.41) is 0. The van der Waals surface area contributed by atoms with Crippen molar-refractivity contribution < 1.29 is 0 Å². The third kappa shape index (κ3) is 0.525. The third-order valence-corrected chi connectivity index (χ3v) is 2.09. The molecule has 3 aliphatic rings. The van der Waals surface area contributed by atoms with Crippen molar-refractivity contribution in [3.8, 4) is 0 Å². The molecule has 0 aromatic heterocycles. The molecule has 0 unspecified atom stereocenters. The van der Waals surface area contributed by atoms with Gasteiger partial charge in [-0.2, -0.15) is 0 Å². The fraction of sp³-hybridized carbons (Fsp3) is 0.500. The zero-order chi connectivity index (χ0) is 5.40. The molecule has 0 spiro atoms. The van der Waals surface area contributed by atoms with Gasteiger partial charge in [-0.05, 0) is 24.7 Å². The highest BCUT2D eigenvalue weighted by molar-refractivity contribution is 5.15. The maximum Gasteiger partial charge on any atom is -0.0219 e. The van der Waals surface area contributed by atoms with Crippen molar-refractivity contribution in [1.29, 1.82) is 0 Å². The van der Waals surface area contributed by atoms with E-state index in [1.165, 1.54) is 12.8 Å². The van der Waals surface area contributed by atoms with Gasteiger partial charge in [0.15, 0.2) is 0 Å². The van der Waals surface area contributed by atoms with Crippen LogP contribution in [0.4, 0.5) is 0 Å². The van der Waals surface area contributed by atoms with E-state index in [1.807, 2.05) is 0 Å². The molecular weight excluding hydrogens is 96.1 g/mol. The molecule has 0 nitrogen and oxygen atoms in total. The van der Waals surface area contributed by atoms with Crippen molar-refractivity contribution in [2.45, 2.75) is 12.8 Å². The van der Waals surface area contributed by atoms with Crippen LogP contribution in [0.1, 0.15) is 12.8 Å². The standard InChI is InChI=1S/C8H10/c1-2-4-8-5-7(3-1)6-8/h1-4,7-8H,5-6H2. The molecule has 2 bridgehead atoms. The van der Waals surface area contributed by atoms with Gasteiger partial charge >= 0.3 is 0 Å². The number of hydrogen-bond acceptors (Lipinski definition) is 0. The lowest BCUT2D eigenvalue weighted by Crippen LogP contribution is -2.18. The highest BCUT2D eigenvalue weighted by Gasteiger charge is 2.25. The second-order valence-corrected chi connectivity index (χ2v) is 2.76. The van der Waals surface area contributed by atoms with Crippen LogP contribution in [-0.2, 0) is 0 Å². The first-order chi connectivity index (χ1) is 3.95. The average Bonchev–Trinajstić information content (AvgIpc) is 1.89. The van der Waals surface area contributed by atoms with Crippen LogP contribution in [0, 0.1) is 11.8 Å². The molecule has 0 aromatic rings. The predicted molar refractivity (Wildman–Crippen MR) is 34.5 cm³/mol. The van der Waals surface area contributed by atoms with Gasteiger partial charge in [0.05, 0.1) is 0 Å². The van der Waals surface area contributed by atoms with E-state index >= 15 is 0 Å². The van der Waals surface area contributed by atoms with Gasteiger partial charge in [0.25, 0.3) is 0 Å². The van der Waals surface area contributed by atoms with Crippen LogP contribution in [0.15, 0.2) is 24.3 Å². The lowest BCUT2D eigenvalue weighted by atomic mass is 9.76. The van der Waals surface area contributed by atoms with Gasteiger partial charge in [0, 0.05) is 0 Å². The monoisotopic (exact) mass is 106 g/mol. The SMILES string of the molecule is C1=CC2CC(C=C1)C2. The van der Waals surface area contributed by atoms with E-state index in [9.17, 15) is 0 Å². The fourth-order valence-corrected chi connectivity index (χ4v) is 1.47. The maximum atomic E-state index is 2.32. The van der Waals surface area contributed by atoms with Gasteiger partial charge in [-0.15, -0.1) is 0 Å². The van der Waals surface area contributed by atoms with Gasteiger partial charge in [-0.25, -0.2) is 0 Å². The van der Waals surface area contributed by atoms with Gasteiger partial charge in [-0.1, -0.05) is 24.3 Å². The molecule has 0 amide bonds. The Labute approximate surface area is 49.9 Å². The summed E-state index contributed by atoms with van der Waals surface area (Å²) in [5.74, 6) is 1.85. The molecule has 42 valence electrons. The van der Waals surface area contributed by atoms with Crippen molar-refractivity contribution in [3.63, 3.8) is 0 Å². The smallest absolute Gasteiger partial charge is 0.0219 e. The van der Waals surface area contributed by atoms with E-state index in [4.69, 9.17) is 0 Å². The molecule has 0 aromatic carbocycles. The Morgan fingerprint density at radius 3 is 1.88 bits per heavy atom. The summed E-state index contributed by atoms with van der Waals surface area (Å²) >= 11 is 0. The van der Waals surface area contributed by atoms with Crippen LogP contribution < -0.4 is 0 Å². The normalized spacial score (nSPS) is 41.0. The summed E-state index contributed by atoms with van der Waals surface area (Å²) in [6.07, 6.45) is 11.8. The van der Waals surface area contributed by atoms with Crippen LogP contribution in [0.25, 0.3) is 0 Å². The Bertz CT molecular complexity index is 120. The quantitative estimate of drug-likeness (QED) is 0.444. The summed E-state index contributed by atoms with van der Waals surface area (Å²) in [6, 6.07) is 0. The van der Waals surface area contributed by atoms with E-state index in [1.54, 1.807) is 0 Å². The van der Waals surface area contributed by atoms with Gasteiger partial charge in [0.1, 0.15) is 0 Å². The molecule has 0 atom stereocenters. The van der Waals surface area contributed by atoms with Gasteiger partial charge in [0.2, 0.25) is 0 Å². The molecule has 3 aliphatic carbocycles. The van der Waals surface area contributed by atoms with E-state index in [0.717, 1.165) is 11.8 Å². The number of rotatable bonds is 0. The Hall–Kier alpha value is -0.520. The molecule has 1 fully saturated rings. The third-order valence-electron chi connectivity index (χ3n) is 2.09. The van der Waals surface area contributed by atoms with E-state index in [0.29, 0.717) is 0 Å². The topological polar surface area (TPSA) is 0 Å². The highest BCUT2D eigenvalue weighted by atomic mass is 14.3. The van der Waals surface area contributed by atoms with E-state index in [-0.39, 0.29) is 0 Å². The summed E-state index contributed by atoms with van der Waals surface area (Å²) in [7, 11) is 0. The highest BCUT2D eigenvalue weighted by Crippen LogP contribution is 2.37. The minimum Gasteiger partial charge on any atom is -0.0814 e. The van der Waals surface area contributed by atoms with Crippen LogP contribution in [0.2, 0.25) is 0 Å². The molecule has 0 saturated heterocycles. The first kappa shape index (κ1) is 4.37. The van der Waals surface area contributed by atoms with Crippen LogP contribution >= 0.6 is 0 Å². The zero-order valence-electron chi connectivity index (χ0n) is 4.88. The molecule has 0 N–H and O–H groups in total. The predicted octanol–water partition coefficient (Wildman–Crippen LogP) is 2.14. The molecule has 3 rings (SSSR count). The molecule has 0 heteroatoms. The minimum atomic E-state index is 0.926. The number of fused-ring (bicyclic) bond motifs is 1. The van der Waals surface area contributed by atoms with Crippen LogP contribution in [-0.4, -0.2) is 0 Å².